The molecule has 1 saturated heterocycles. The van der Waals surface area contributed by atoms with Gasteiger partial charge in [0.05, 0.1) is 13.2 Å². The molecule has 124 valence electrons. The molecule has 0 radical (unpaired) electrons. The maximum atomic E-state index is 6.42. The van der Waals surface area contributed by atoms with Crippen LogP contribution in [-0.2, 0) is 0 Å². The lowest BCUT2D eigenvalue weighted by molar-refractivity contribution is 0.0464. The average molecular weight is 361 g/mol. The van der Waals surface area contributed by atoms with Gasteiger partial charge in [0.25, 0.3) is 0 Å². The Balaban J connectivity index is 1.81. The van der Waals surface area contributed by atoms with Gasteiger partial charge in [-0.05, 0) is 49.5 Å². The van der Waals surface area contributed by atoms with E-state index in [4.69, 9.17) is 33.3 Å². The third-order valence-electron chi connectivity index (χ3n) is 4.57. The number of rotatable bonds is 2. The predicted octanol–water partition coefficient (Wildman–Crippen LogP) is 4.28. The molecule has 1 N–H and O–H groups in total. The lowest BCUT2D eigenvalue weighted by Gasteiger charge is -2.52. The van der Waals surface area contributed by atoms with E-state index in [0.29, 0.717) is 10.1 Å². The zero-order chi connectivity index (χ0) is 16.9. The Morgan fingerprint density at radius 1 is 1.29 bits per heavy atom. The van der Waals surface area contributed by atoms with Gasteiger partial charge in [-0.3, -0.25) is 4.90 Å². The molecular formula is C18H17ClN2O2S. The summed E-state index contributed by atoms with van der Waals surface area (Å²) in [5, 5.41) is 4.76. The molecule has 2 aromatic carbocycles. The predicted molar refractivity (Wildman–Crippen MR) is 99.0 cm³/mol. The van der Waals surface area contributed by atoms with Crippen LogP contribution in [0.25, 0.3) is 0 Å². The van der Waals surface area contributed by atoms with Gasteiger partial charge in [-0.15, -0.1) is 0 Å². The fourth-order valence-corrected chi connectivity index (χ4v) is 4.07. The van der Waals surface area contributed by atoms with Gasteiger partial charge in [0, 0.05) is 22.7 Å². The molecular weight excluding hydrogens is 344 g/mol. The first-order valence-electron chi connectivity index (χ1n) is 7.74. The molecule has 2 bridgehead atoms. The van der Waals surface area contributed by atoms with E-state index in [1.165, 1.54) is 0 Å². The van der Waals surface area contributed by atoms with Crippen molar-refractivity contribution >= 4 is 34.6 Å². The average Bonchev–Trinajstić information content (AvgIpc) is 2.55. The molecule has 4 rings (SSSR count). The number of para-hydroxylation sites is 1. The van der Waals surface area contributed by atoms with Crippen LogP contribution in [-0.4, -0.2) is 17.9 Å². The van der Waals surface area contributed by atoms with E-state index in [1.54, 1.807) is 7.11 Å². The molecule has 0 aliphatic carbocycles. The van der Waals surface area contributed by atoms with E-state index in [9.17, 15) is 0 Å². The number of ether oxygens (including phenoxy) is 2. The molecule has 2 heterocycles. The number of thiocarbonyl (C=S) groups is 1. The van der Waals surface area contributed by atoms with Crippen molar-refractivity contribution in [2.45, 2.75) is 25.1 Å². The first kappa shape index (κ1) is 15.5. The van der Waals surface area contributed by atoms with E-state index in [1.807, 2.05) is 41.3 Å². The zero-order valence-electron chi connectivity index (χ0n) is 13.4. The zero-order valence-corrected chi connectivity index (χ0v) is 14.9. The summed E-state index contributed by atoms with van der Waals surface area (Å²) in [7, 11) is 1.65. The summed E-state index contributed by atoms with van der Waals surface area (Å²) < 4.78 is 11.9. The molecule has 0 unspecified atom stereocenters. The Hall–Kier alpha value is -1.98. The minimum Gasteiger partial charge on any atom is -0.493 e. The number of hydrogen-bond acceptors (Lipinski definition) is 3. The summed E-state index contributed by atoms with van der Waals surface area (Å²) >= 11 is 11.6. The number of anilines is 1. The maximum Gasteiger partial charge on any atom is 0.188 e. The Morgan fingerprint density at radius 2 is 2.04 bits per heavy atom. The van der Waals surface area contributed by atoms with Crippen molar-refractivity contribution in [1.29, 1.82) is 0 Å². The van der Waals surface area contributed by atoms with Crippen LogP contribution >= 0.6 is 23.8 Å². The van der Waals surface area contributed by atoms with Gasteiger partial charge >= 0.3 is 0 Å². The lowest BCUT2D eigenvalue weighted by Crippen LogP contribution is -2.65. The molecule has 24 heavy (non-hydrogen) atoms. The first-order valence-corrected chi connectivity index (χ1v) is 8.53. The number of methoxy groups -OCH3 is 1. The number of nitrogens with one attached hydrogen (secondary N) is 1. The van der Waals surface area contributed by atoms with Crippen LogP contribution in [0.3, 0.4) is 0 Å². The monoisotopic (exact) mass is 360 g/mol. The van der Waals surface area contributed by atoms with Gasteiger partial charge in [-0.1, -0.05) is 23.7 Å². The van der Waals surface area contributed by atoms with Crippen molar-refractivity contribution in [3.63, 3.8) is 0 Å². The fourth-order valence-electron chi connectivity index (χ4n) is 3.50. The summed E-state index contributed by atoms with van der Waals surface area (Å²) in [5.74, 6) is 1.50. The number of hydrogen-bond donors (Lipinski definition) is 1. The van der Waals surface area contributed by atoms with E-state index < -0.39 is 5.72 Å². The van der Waals surface area contributed by atoms with Crippen molar-refractivity contribution in [3.05, 3.63) is 53.1 Å². The van der Waals surface area contributed by atoms with Crippen LogP contribution in [0, 0.1) is 0 Å². The summed E-state index contributed by atoms with van der Waals surface area (Å²) in [4.78, 5) is 2.00. The molecule has 4 nitrogen and oxygen atoms in total. The number of halogens is 1. The quantitative estimate of drug-likeness (QED) is 0.808. The molecule has 2 aromatic rings. The molecule has 2 aliphatic heterocycles. The van der Waals surface area contributed by atoms with E-state index in [-0.39, 0.29) is 6.04 Å². The van der Waals surface area contributed by atoms with Crippen LogP contribution < -0.4 is 19.7 Å². The van der Waals surface area contributed by atoms with E-state index in [2.05, 4.69) is 18.3 Å². The van der Waals surface area contributed by atoms with Gasteiger partial charge in [0.15, 0.2) is 22.3 Å². The summed E-state index contributed by atoms with van der Waals surface area (Å²) in [6.45, 7) is 2.05. The highest BCUT2D eigenvalue weighted by atomic mass is 35.5. The van der Waals surface area contributed by atoms with Crippen molar-refractivity contribution in [1.82, 2.24) is 5.32 Å². The Kier molecular flexibility index (Phi) is 3.58. The van der Waals surface area contributed by atoms with Gasteiger partial charge in [0.2, 0.25) is 0 Å². The molecule has 0 saturated carbocycles. The molecule has 0 aromatic heterocycles. The van der Waals surface area contributed by atoms with Crippen LogP contribution in [0.15, 0.2) is 42.5 Å². The third kappa shape index (κ3) is 2.31. The summed E-state index contributed by atoms with van der Waals surface area (Å²) in [6.07, 6.45) is 0.774. The van der Waals surface area contributed by atoms with Crippen LogP contribution in [0.4, 0.5) is 5.69 Å². The van der Waals surface area contributed by atoms with Gasteiger partial charge in [-0.2, -0.15) is 0 Å². The fraction of sp³-hybridized carbons (Fsp3) is 0.278. The molecule has 1 fully saturated rings. The lowest BCUT2D eigenvalue weighted by atomic mass is 9.90. The van der Waals surface area contributed by atoms with Gasteiger partial charge in [-0.25, -0.2) is 0 Å². The molecule has 2 aliphatic rings. The normalized spacial score (nSPS) is 24.7. The van der Waals surface area contributed by atoms with Gasteiger partial charge < -0.3 is 14.8 Å². The minimum absolute atomic E-state index is 0.102. The highest BCUT2D eigenvalue weighted by Crippen LogP contribution is 2.49. The van der Waals surface area contributed by atoms with Crippen LogP contribution in [0.2, 0.25) is 5.02 Å². The van der Waals surface area contributed by atoms with Crippen molar-refractivity contribution in [3.8, 4) is 11.5 Å². The summed E-state index contributed by atoms with van der Waals surface area (Å²) in [6, 6.07) is 13.6. The van der Waals surface area contributed by atoms with Crippen LogP contribution in [0.5, 0.6) is 11.5 Å². The number of fused-ring (bicyclic) bond motifs is 4. The Labute approximate surface area is 151 Å². The highest BCUT2D eigenvalue weighted by Gasteiger charge is 2.49. The van der Waals surface area contributed by atoms with Gasteiger partial charge in [0.1, 0.15) is 0 Å². The SMILES string of the molecule is COc1cccc2c1O[C@]1(C)C[C@H]2NC(=S)N1c1ccc(Cl)cc1. The molecule has 6 heteroatoms. The first-order chi connectivity index (χ1) is 11.5. The molecule has 0 spiro atoms. The Morgan fingerprint density at radius 3 is 2.75 bits per heavy atom. The summed E-state index contributed by atoms with van der Waals surface area (Å²) in [5.41, 5.74) is 1.42. The smallest absolute Gasteiger partial charge is 0.188 e. The van der Waals surface area contributed by atoms with Crippen molar-refractivity contribution in [2.75, 3.05) is 12.0 Å². The topological polar surface area (TPSA) is 33.7 Å². The third-order valence-corrected chi connectivity index (χ3v) is 5.12. The van der Waals surface area contributed by atoms with Crippen molar-refractivity contribution < 1.29 is 9.47 Å². The second-order valence-electron chi connectivity index (χ2n) is 6.17. The van der Waals surface area contributed by atoms with E-state index >= 15 is 0 Å². The second-order valence-corrected chi connectivity index (χ2v) is 7.00. The number of benzene rings is 2. The second kappa shape index (κ2) is 5.53. The molecule has 2 atom stereocenters. The van der Waals surface area contributed by atoms with Crippen molar-refractivity contribution in [2.24, 2.45) is 0 Å². The minimum atomic E-state index is -0.595. The standard InChI is InChI=1S/C18H17ClN2O2S/c1-18-10-14(13-4-3-5-15(22-2)16(13)23-18)20-17(24)21(18)12-8-6-11(19)7-9-12/h3-9,14H,10H2,1-2H3,(H,20,24)/t14-,18-/m1/s1. The number of nitrogens with zero attached hydrogens (tertiary/aromatic N) is 1. The Bertz CT molecular complexity index is 811. The largest absolute Gasteiger partial charge is 0.493 e. The van der Waals surface area contributed by atoms with Crippen LogP contribution in [0.1, 0.15) is 24.9 Å². The maximum absolute atomic E-state index is 6.42. The molecule has 0 amide bonds. The van der Waals surface area contributed by atoms with E-state index in [0.717, 1.165) is 29.2 Å². The highest BCUT2D eigenvalue weighted by molar-refractivity contribution is 7.80.